The van der Waals surface area contributed by atoms with Crippen LogP contribution in [-0.4, -0.2) is 31.6 Å². The van der Waals surface area contributed by atoms with Crippen LogP contribution in [0.1, 0.15) is 5.69 Å². The third kappa shape index (κ3) is 3.57. The van der Waals surface area contributed by atoms with Crippen molar-refractivity contribution in [3.05, 3.63) is 66.5 Å². The number of benzene rings is 1. The second-order valence-corrected chi connectivity index (χ2v) is 5.67. The summed E-state index contributed by atoms with van der Waals surface area (Å²) in [6.07, 6.45) is 4.76. The van der Waals surface area contributed by atoms with Crippen molar-refractivity contribution >= 4 is 11.0 Å². The third-order valence-corrected chi connectivity index (χ3v) is 3.91. The molecule has 3 aromatic heterocycles. The maximum Gasteiger partial charge on any atom is 0.387 e. The highest BCUT2D eigenvalue weighted by Gasteiger charge is 2.13. The number of fused-ring (bicyclic) bond motifs is 1. The number of hydrogen-bond donors (Lipinski definition) is 0. The number of pyridine rings is 1. The number of alkyl halides is 2. The van der Waals surface area contributed by atoms with Gasteiger partial charge in [0, 0.05) is 18.0 Å². The number of aromatic nitrogens is 5. The average Bonchev–Trinajstić information content (AvgIpc) is 3.06. The normalized spacial score (nSPS) is 11.3. The molecule has 0 atom stereocenters. The molecule has 9 heteroatoms. The minimum absolute atomic E-state index is 0.394. The van der Waals surface area contributed by atoms with E-state index in [2.05, 4.69) is 25.0 Å². The van der Waals surface area contributed by atoms with Gasteiger partial charge in [-0.3, -0.25) is 9.67 Å². The van der Waals surface area contributed by atoms with E-state index >= 15 is 0 Å². The summed E-state index contributed by atoms with van der Waals surface area (Å²) in [7, 11) is 0. The monoisotopic (exact) mass is 371 g/mol. The van der Waals surface area contributed by atoms with Crippen molar-refractivity contribution in [1.29, 1.82) is 0 Å². The highest BCUT2D eigenvalue weighted by atomic mass is 19.3. The Labute approximate surface area is 151 Å². The molecule has 0 radical (unpaired) electrons. The highest BCUT2D eigenvalue weighted by molar-refractivity contribution is 5.80. The molecule has 0 unspecified atom stereocenters. The van der Waals surface area contributed by atoms with Crippen molar-refractivity contribution in [2.45, 2.75) is 13.2 Å². The van der Waals surface area contributed by atoms with Crippen LogP contribution in [0.3, 0.4) is 0 Å². The zero-order chi connectivity index (χ0) is 18.8. The first-order chi connectivity index (χ1) is 13.1. The van der Waals surface area contributed by atoms with E-state index in [4.69, 9.17) is 0 Å². The van der Waals surface area contributed by atoms with Gasteiger partial charge in [-0.15, -0.1) is 0 Å². The summed E-state index contributed by atoms with van der Waals surface area (Å²) in [6.45, 7) is -2.71. The summed E-state index contributed by atoms with van der Waals surface area (Å²) in [5.74, 6) is -1.38. The molecule has 27 heavy (non-hydrogen) atoms. The lowest BCUT2D eigenvalue weighted by molar-refractivity contribution is -0.0521. The van der Waals surface area contributed by atoms with E-state index in [1.807, 2.05) is 6.07 Å². The van der Waals surface area contributed by atoms with Crippen LogP contribution in [0.5, 0.6) is 5.75 Å². The van der Waals surface area contributed by atoms with Gasteiger partial charge in [0.15, 0.2) is 11.6 Å². The summed E-state index contributed by atoms with van der Waals surface area (Å²) in [4.78, 5) is 4.33. The molecule has 0 N–H and O–H groups in total. The van der Waals surface area contributed by atoms with Gasteiger partial charge in [-0.05, 0) is 35.9 Å². The van der Waals surface area contributed by atoms with Crippen molar-refractivity contribution in [1.82, 2.24) is 25.0 Å². The zero-order valence-corrected chi connectivity index (χ0v) is 13.8. The Morgan fingerprint density at radius 1 is 1.07 bits per heavy atom. The Morgan fingerprint density at radius 3 is 2.74 bits per heavy atom. The Bertz CT molecular complexity index is 1090. The number of rotatable bonds is 5. The van der Waals surface area contributed by atoms with Gasteiger partial charge in [-0.1, -0.05) is 6.07 Å². The summed E-state index contributed by atoms with van der Waals surface area (Å²) in [6, 6.07) is 9.17. The van der Waals surface area contributed by atoms with E-state index < -0.39 is 18.2 Å². The molecule has 0 fully saturated rings. The van der Waals surface area contributed by atoms with Gasteiger partial charge in [0.1, 0.15) is 5.52 Å². The topological polar surface area (TPSA) is 65.7 Å². The second-order valence-electron chi connectivity index (χ2n) is 5.67. The molecule has 0 amide bonds. The van der Waals surface area contributed by atoms with E-state index in [0.717, 1.165) is 17.3 Å². The van der Waals surface area contributed by atoms with E-state index in [9.17, 15) is 13.2 Å². The number of nitrogens with zero attached hydrogens (tertiary/aromatic N) is 5. The standard InChI is InChI=1S/C18H12F3N5O/c19-14-4-3-11(7-17(14)27-18(20)21)12-6-16-15(22-8-12)9-24-26(16)10-13-2-1-5-23-25-13/h1-9,18H,10H2. The first-order valence-electron chi connectivity index (χ1n) is 7.93. The fourth-order valence-corrected chi connectivity index (χ4v) is 2.68. The molecule has 1 aromatic carbocycles. The van der Waals surface area contributed by atoms with Crippen LogP contribution >= 0.6 is 0 Å². The molecule has 0 aliphatic carbocycles. The molecule has 4 rings (SSSR count). The Balaban J connectivity index is 1.72. The SMILES string of the molecule is Fc1ccc(-c2cnc3cnn(Cc4cccnn4)c3c2)cc1OC(F)F. The lowest BCUT2D eigenvalue weighted by Gasteiger charge is -2.09. The Hall–Kier alpha value is -3.49. The van der Waals surface area contributed by atoms with Crippen molar-refractivity contribution < 1.29 is 17.9 Å². The molecule has 4 aromatic rings. The Kier molecular flexibility index (Phi) is 4.41. The summed E-state index contributed by atoms with van der Waals surface area (Å²) in [5, 5.41) is 12.2. The Morgan fingerprint density at radius 2 is 1.96 bits per heavy atom. The van der Waals surface area contributed by atoms with E-state index in [1.165, 1.54) is 12.1 Å². The molecule has 136 valence electrons. The third-order valence-electron chi connectivity index (χ3n) is 3.91. The van der Waals surface area contributed by atoms with Crippen LogP contribution in [0.25, 0.3) is 22.2 Å². The lowest BCUT2D eigenvalue weighted by Crippen LogP contribution is -2.04. The smallest absolute Gasteiger partial charge is 0.387 e. The van der Waals surface area contributed by atoms with Crippen molar-refractivity contribution in [2.24, 2.45) is 0 Å². The van der Waals surface area contributed by atoms with Crippen molar-refractivity contribution in [2.75, 3.05) is 0 Å². The number of ether oxygens (including phenoxy) is 1. The predicted molar refractivity (Wildman–Crippen MR) is 90.7 cm³/mol. The maximum atomic E-state index is 13.7. The molecule has 6 nitrogen and oxygen atoms in total. The van der Waals surface area contributed by atoms with E-state index in [1.54, 1.807) is 35.4 Å². The fourth-order valence-electron chi connectivity index (χ4n) is 2.68. The van der Waals surface area contributed by atoms with Crippen LogP contribution in [-0.2, 0) is 6.54 Å². The largest absolute Gasteiger partial charge is 0.432 e. The van der Waals surface area contributed by atoms with Gasteiger partial charge in [0.05, 0.1) is 24.0 Å². The van der Waals surface area contributed by atoms with Gasteiger partial charge < -0.3 is 4.74 Å². The lowest BCUT2D eigenvalue weighted by atomic mass is 10.1. The molecular formula is C18H12F3N5O. The van der Waals surface area contributed by atoms with Crippen LogP contribution in [0.4, 0.5) is 13.2 Å². The quantitative estimate of drug-likeness (QED) is 0.535. The average molecular weight is 371 g/mol. The highest BCUT2D eigenvalue weighted by Crippen LogP contribution is 2.29. The molecule has 0 spiro atoms. The van der Waals surface area contributed by atoms with Gasteiger partial charge in [-0.25, -0.2) is 4.39 Å². The van der Waals surface area contributed by atoms with Crippen LogP contribution < -0.4 is 4.74 Å². The molecule has 0 aliphatic rings. The fraction of sp³-hybridized carbons (Fsp3) is 0.111. The van der Waals surface area contributed by atoms with E-state index in [0.29, 0.717) is 23.2 Å². The van der Waals surface area contributed by atoms with Crippen LogP contribution in [0.2, 0.25) is 0 Å². The van der Waals surface area contributed by atoms with Gasteiger partial charge in [-0.2, -0.15) is 24.1 Å². The van der Waals surface area contributed by atoms with Crippen LogP contribution in [0.15, 0.2) is 55.0 Å². The van der Waals surface area contributed by atoms with Crippen molar-refractivity contribution in [3.63, 3.8) is 0 Å². The van der Waals surface area contributed by atoms with Crippen LogP contribution in [0, 0.1) is 5.82 Å². The molecule has 0 aliphatic heterocycles. The zero-order valence-electron chi connectivity index (χ0n) is 13.8. The van der Waals surface area contributed by atoms with Gasteiger partial charge in [0.25, 0.3) is 0 Å². The summed E-state index contributed by atoms with van der Waals surface area (Å²) in [5.41, 5.74) is 3.21. The molecule has 0 saturated carbocycles. The second kappa shape index (κ2) is 7.02. The summed E-state index contributed by atoms with van der Waals surface area (Å²) < 4.78 is 44.5. The minimum Gasteiger partial charge on any atom is -0.432 e. The van der Waals surface area contributed by atoms with Gasteiger partial charge in [0.2, 0.25) is 0 Å². The predicted octanol–water partition coefficient (Wildman–Crippen LogP) is 3.68. The first kappa shape index (κ1) is 17.0. The van der Waals surface area contributed by atoms with Crippen molar-refractivity contribution in [3.8, 4) is 16.9 Å². The first-order valence-corrected chi connectivity index (χ1v) is 7.93. The molecule has 0 saturated heterocycles. The maximum absolute atomic E-state index is 13.7. The van der Waals surface area contributed by atoms with E-state index in [-0.39, 0.29) is 0 Å². The molecule has 0 bridgehead atoms. The number of halogens is 3. The summed E-state index contributed by atoms with van der Waals surface area (Å²) >= 11 is 0. The number of hydrogen-bond acceptors (Lipinski definition) is 5. The minimum atomic E-state index is -3.11. The molecule has 3 heterocycles. The van der Waals surface area contributed by atoms with Gasteiger partial charge >= 0.3 is 6.61 Å². The molecular weight excluding hydrogens is 359 g/mol.